The number of aryl methyl sites for hydroxylation is 1. The third kappa shape index (κ3) is 2.90. The minimum atomic E-state index is -0.167. The van der Waals surface area contributed by atoms with E-state index in [2.05, 4.69) is 17.2 Å². The second kappa shape index (κ2) is 5.52. The first kappa shape index (κ1) is 13.1. The van der Waals surface area contributed by atoms with Gasteiger partial charge in [0.05, 0.1) is 5.60 Å². The molecule has 5 nitrogen and oxygen atoms in total. The van der Waals surface area contributed by atoms with Crippen molar-refractivity contribution in [3.05, 3.63) is 22.7 Å². The molecule has 0 bridgehead atoms. The fourth-order valence-corrected chi connectivity index (χ4v) is 2.23. The average Bonchev–Trinajstić information content (AvgIpc) is 2.78. The van der Waals surface area contributed by atoms with Gasteiger partial charge in [-0.3, -0.25) is 4.79 Å². The Labute approximate surface area is 107 Å². The first-order valence-corrected chi connectivity index (χ1v) is 6.58. The first-order valence-electron chi connectivity index (χ1n) is 6.58. The van der Waals surface area contributed by atoms with Crippen molar-refractivity contribution < 1.29 is 4.74 Å². The average molecular weight is 251 g/mol. The van der Waals surface area contributed by atoms with Gasteiger partial charge in [-0.2, -0.15) is 0 Å². The van der Waals surface area contributed by atoms with E-state index in [9.17, 15) is 4.79 Å². The van der Waals surface area contributed by atoms with Crippen molar-refractivity contribution in [2.75, 3.05) is 18.5 Å². The summed E-state index contributed by atoms with van der Waals surface area (Å²) in [6, 6.07) is 0. The fraction of sp³-hybridized carbons (Fsp3) is 0.692. The van der Waals surface area contributed by atoms with Crippen molar-refractivity contribution >= 4 is 5.82 Å². The van der Waals surface area contributed by atoms with Crippen LogP contribution >= 0.6 is 0 Å². The molecule has 0 aliphatic carbocycles. The summed E-state index contributed by atoms with van der Waals surface area (Å²) >= 11 is 0. The molecule has 1 N–H and O–H groups in total. The molecule has 1 aliphatic rings. The molecule has 1 unspecified atom stereocenters. The van der Waals surface area contributed by atoms with Crippen molar-refractivity contribution in [3.63, 3.8) is 0 Å². The van der Waals surface area contributed by atoms with Crippen LogP contribution in [-0.2, 0) is 11.3 Å². The van der Waals surface area contributed by atoms with E-state index in [1.165, 1.54) is 0 Å². The first-order chi connectivity index (χ1) is 8.64. The number of ether oxygens (including phenoxy) is 1. The summed E-state index contributed by atoms with van der Waals surface area (Å²) < 4.78 is 7.37. The minimum absolute atomic E-state index is 0.0547. The zero-order chi connectivity index (χ0) is 13.0. The maximum atomic E-state index is 12.1. The van der Waals surface area contributed by atoms with Gasteiger partial charge in [0.15, 0.2) is 5.82 Å². The van der Waals surface area contributed by atoms with Crippen LogP contribution in [0.4, 0.5) is 5.82 Å². The van der Waals surface area contributed by atoms with Gasteiger partial charge < -0.3 is 14.6 Å². The maximum Gasteiger partial charge on any atom is 0.293 e. The zero-order valence-electron chi connectivity index (χ0n) is 11.1. The highest BCUT2D eigenvalue weighted by molar-refractivity contribution is 5.31. The molecule has 0 amide bonds. The van der Waals surface area contributed by atoms with E-state index in [0.717, 1.165) is 32.4 Å². The molecular weight excluding hydrogens is 230 g/mol. The summed E-state index contributed by atoms with van der Waals surface area (Å²) in [6.45, 7) is 6.28. The van der Waals surface area contributed by atoms with Gasteiger partial charge in [-0.15, -0.1) is 0 Å². The zero-order valence-corrected chi connectivity index (χ0v) is 11.1. The molecule has 0 spiro atoms. The van der Waals surface area contributed by atoms with Crippen LogP contribution in [0.2, 0.25) is 0 Å². The molecule has 0 saturated carbocycles. The molecule has 2 rings (SSSR count). The van der Waals surface area contributed by atoms with Gasteiger partial charge in [0.1, 0.15) is 0 Å². The monoisotopic (exact) mass is 251 g/mol. The predicted molar refractivity (Wildman–Crippen MR) is 70.9 cm³/mol. The number of hydrogen-bond acceptors (Lipinski definition) is 4. The van der Waals surface area contributed by atoms with Gasteiger partial charge in [-0.05, 0) is 26.2 Å². The second-order valence-corrected chi connectivity index (χ2v) is 5.03. The van der Waals surface area contributed by atoms with E-state index in [0.29, 0.717) is 12.4 Å². The van der Waals surface area contributed by atoms with E-state index in [-0.39, 0.29) is 11.2 Å². The predicted octanol–water partition coefficient (Wildman–Crippen LogP) is 1.63. The van der Waals surface area contributed by atoms with E-state index >= 15 is 0 Å². The maximum absolute atomic E-state index is 12.1. The molecule has 1 aromatic rings. The van der Waals surface area contributed by atoms with Crippen LogP contribution in [0.5, 0.6) is 0 Å². The van der Waals surface area contributed by atoms with Gasteiger partial charge in [0, 0.05) is 32.1 Å². The lowest BCUT2D eigenvalue weighted by atomic mass is 10.0. The highest BCUT2D eigenvalue weighted by atomic mass is 16.5. The number of rotatable bonds is 5. The third-order valence-corrected chi connectivity index (χ3v) is 3.31. The molecule has 2 heterocycles. The molecule has 1 aliphatic heterocycles. The molecule has 18 heavy (non-hydrogen) atoms. The Kier molecular flexibility index (Phi) is 4.01. The van der Waals surface area contributed by atoms with Crippen LogP contribution in [0.3, 0.4) is 0 Å². The van der Waals surface area contributed by atoms with E-state index in [1.54, 1.807) is 17.0 Å². The SMILES string of the molecule is CCCn1ccnc(NCC2(C)CCCO2)c1=O. The van der Waals surface area contributed by atoms with Crippen molar-refractivity contribution in [1.29, 1.82) is 0 Å². The normalized spacial score (nSPS) is 23.2. The lowest BCUT2D eigenvalue weighted by molar-refractivity contribution is 0.0314. The van der Waals surface area contributed by atoms with Crippen LogP contribution in [0.15, 0.2) is 17.2 Å². The van der Waals surface area contributed by atoms with Crippen molar-refractivity contribution in [1.82, 2.24) is 9.55 Å². The summed E-state index contributed by atoms with van der Waals surface area (Å²) in [5.74, 6) is 0.419. The summed E-state index contributed by atoms with van der Waals surface area (Å²) in [4.78, 5) is 16.2. The van der Waals surface area contributed by atoms with Crippen molar-refractivity contribution in [2.45, 2.75) is 45.3 Å². The number of aromatic nitrogens is 2. The van der Waals surface area contributed by atoms with Gasteiger partial charge in [0.2, 0.25) is 0 Å². The molecule has 0 radical (unpaired) electrons. The standard InChI is InChI=1S/C13H21N3O2/c1-3-7-16-8-6-14-11(12(16)17)15-10-13(2)5-4-9-18-13/h6,8H,3-5,7,9-10H2,1-2H3,(H,14,15). The molecule has 1 saturated heterocycles. The Morgan fingerprint density at radius 2 is 2.44 bits per heavy atom. The van der Waals surface area contributed by atoms with E-state index < -0.39 is 0 Å². The van der Waals surface area contributed by atoms with Crippen LogP contribution < -0.4 is 10.9 Å². The van der Waals surface area contributed by atoms with E-state index in [4.69, 9.17) is 4.74 Å². The van der Waals surface area contributed by atoms with Gasteiger partial charge in [-0.25, -0.2) is 4.98 Å². The summed E-state index contributed by atoms with van der Waals surface area (Å²) in [6.07, 6.45) is 6.43. The van der Waals surface area contributed by atoms with Gasteiger partial charge >= 0.3 is 0 Å². The Morgan fingerprint density at radius 1 is 1.61 bits per heavy atom. The molecule has 100 valence electrons. The molecule has 1 fully saturated rings. The lowest BCUT2D eigenvalue weighted by Crippen LogP contribution is -2.35. The highest BCUT2D eigenvalue weighted by Crippen LogP contribution is 2.24. The van der Waals surface area contributed by atoms with Crippen molar-refractivity contribution in [3.8, 4) is 0 Å². The smallest absolute Gasteiger partial charge is 0.293 e. The number of hydrogen-bond donors (Lipinski definition) is 1. The van der Waals surface area contributed by atoms with Crippen LogP contribution in [0.1, 0.15) is 33.1 Å². The van der Waals surface area contributed by atoms with Crippen LogP contribution in [-0.4, -0.2) is 28.3 Å². The largest absolute Gasteiger partial charge is 0.373 e. The Balaban J connectivity index is 2.05. The number of nitrogens with zero attached hydrogens (tertiary/aromatic N) is 2. The highest BCUT2D eigenvalue weighted by Gasteiger charge is 2.29. The Bertz CT molecular complexity index is 450. The van der Waals surface area contributed by atoms with Crippen molar-refractivity contribution in [2.24, 2.45) is 0 Å². The quantitative estimate of drug-likeness (QED) is 0.864. The third-order valence-electron chi connectivity index (χ3n) is 3.31. The Hall–Kier alpha value is -1.36. The number of anilines is 1. The minimum Gasteiger partial charge on any atom is -0.373 e. The molecule has 0 aromatic carbocycles. The Morgan fingerprint density at radius 3 is 3.11 bits per heavy atom. The topological polar surface area (TPSA) is 56.1 Å². The summed E-state index contributed by atoms with van der Waals surface area (Å²) in [5.41, 5.74) is -0.222. The fourth-order valence-electron chi connectivity index (χ4n) is 2.23. The summed E-state index contributed by atoms with van der Waals surface area (Å²) in [7, 11) is 0. The van der Waals surface area contributed by atoms with Crippen LogP contribution in [0, 0.1) is 0 Å². The molecular formula is C13H21N3O2. The van der Waals surface area contributed by atoms with E-state index in [1.807, 2.05) is 6.92 Å². The second-order valence-electron chi connectivity index (χ2n) is 5.03. The number of nitrogens with one attached hydrogen (secondary N) is 1. The molecule has 5 heteroatoms. The van der Waals surface area contributed by atoms with Gasteiger partial charge in [-0.1, -0.05) is 6.92 Å². The lowest BCUT2D eigenvalue weighted by Gasteiger charge is -2.23. The van der Waals surface area contributed by atoms with Crippen LogP contribution in [0.25, 0.3) is 0 Å². The molecule has 1 aromatic heterocycles. The van der Waals surface area contributed by atoms with Gasteiger partial charge in [0.25, 0.3) is 5.56 Å². The summed E-state index contributed by atoms with van der Waals surface area (Å²) in [5, 5.41) is 3.12. The molecule has 1 atom stereocenters.